The molecule has 2 aliphatic rings. The van der Waals surface area contributed by atoms with Crippen molar-refractivity contribution >= 4 is 5.95 Å². The zero-order valence-corrected chi connectivity index (χ0v) is 14.4. The summed E-state index contributed by atoms with van der Waals surface area (Å²) in [5.41, 5.74) is 2.32. The maximum absolute atomic E-state index is 6.27. The van der Waals surface area contributed by atoms with Crippen LogP contribution in [0.3, 0.4) is 0 Å². The van der Waals surface area contributed by atoms with E-state index in [1.807, 2.05) is 37.2 Å². The summed E-state index contributed by atoms with van der Waals surface area (Å²) in [6, 6.07) is 0.274. The Morgan fingerprint density at radius 3 is 2.62 bits per heavy atom. The summed E-state index contributed by atoms with van der Waals surface area (Å²) < 4.78 is 8.13. The Balaban J connectivity index is 1.53. The Morgan fingerprint density at radius 1 is 1.17 bits per heavy atom. The van der Waals surface area contributed by atoms with Gasteiger partial charge in [0.1, 0.15) is 0 Å². The molecule has 0 unspecified atom stereocenters. The monoisotopic (exact) mass is 327 g/mol. The molecule has 2 aromatic rings. The zero-order chi connectivity index (χ0) is 16.5. The highest BCUT2D eigenvalue weighted by molar-refractivity contribution is 5.36. The molecule has 6 heteroatoms. The van der Waals surface area contributed by atoms with Crippen molar-refractivity contribution in [3.63, 3.8) is 0 Å². The molecule has 1 saturated carbocycles. The number of hydrogen-bond acceptors (Lipinski definition) is 5. The molecule has 1 aliphatic heterocycles. The van der Waals surface area contributed by atoms with Crippen LogP contribution in [0.25, 0.3) is 0 Å². The largest absolute Gasteiger partial charge is 0.376 e. The minimum atomic E-state index is 0.246. The molecule has 1 aliphatic carbocycles. The van der Waals surface area contributed by atoms with Crippen molar-refractivity contribution in [2.24, 2.45) is 13.0 Å². The van der Waals surface area contributed by atoms with Crippen LogP contribution < -0.4 is 4.90 Å². The second-order valence-electron chi connectivity index (χ2n) is 7.15. The molecule has 0 N–H and O–H groups in total. The Morgan fingerprint density at radius 2 is 1.96 bits per heavy atom. The van der Waals surface area contributed by atoms with Gasteiger partial charge >= 0.3 is 0 Å². The summed E-state index contributed by atoms with van der Waals surface area (Å²) >= 11 is 0. The van der Waals surface area contributed by atoms with Gasteiger partial charge in [-0.05, 0) is 49.7 Å². The Hall–Kier alpha value is -1.95. The average molecular weight is 327 g/mol. The molecule has 2 fully saturated rings. The highest BCUT2D eigenvalue weighted by atomic mass is 16.5. The number of ether oxygens (including phenoxy) is 1. The number of hydrogen-bond donors (Lipinski definition) is 0. The zero-order valence-electron chi connectivity index (χ0n) is 14.4. The minimum Gasteiger partial charge on any atom is -0.376 e. The van der Waals surface area contributed by atoms with Gasteiger partial charge in [0.25, 0.3) is 0 Å². The number of aromatic nitrogens is 4. The molecule has 0 amide bonds. The second-order valence-corrected chi connectivity index (χ2v) is 7.15. The minimum absolute atomic E-state index is 0.246. The van der Waals surface area contributed by atoms with E-state index in [-0.39, 0.29) is 12.1 Å². The quantitative estimate of drug-likeness (QED) is 0.813. The molecule has 2 aromatic heterocycles. The van der Waals surface area contributed by atoms with E-state index in [1.54, 1.807) is 0 Å². The van der Waals surface area contributed by atoms with Gasteiger partial charge in [-0.15, -0.1) is 0 Å². The number of nitrogens with zero attached hydrogens (tertiary/aromatic N) is 5. The van der Waals surface area contributed by atoms with Crippen LogP contribution >= 0.6 is 0 Å². The van der Waals surface area contributed by atoms with Crippen molar-refractivity contribution < 1.29 is 4.74 Å². The molecular formula is C18H25N5O. The van der Waals surface area contributed by atoms with Crippen molar-refractivity contribution in [3.8, 4) is 0 Å². The predicted molar refractivity (Wildman–Crippen MR) is 91.9 cm³/mol. The van der Waals surface area contributed by atoms with E-state index in [1.165, 1.54) is 18.4 Å². The lowest BCUT2D eigenvalue weighted by Gasteiger charge is -2.28. The molecule has 0 bridgehead atoms. The third kappa shape index (κ3) is 3.43. The van der Waals surface area contributed by atoms with E-state index in [0.717, 1.165) is 43.4 Å². The van der Waals surface area contributed by atoms with E-state index in [4.69, 9.17) is 4.74 Å². The molecule has 24 heavy (non-hydrogen) atoms. The predicted octanol–water partition coefficient (Wildman–Crippen LogP) is 2.14. The highest BCUT2D eigenvalue weighted by Crippen LogP contribution is 2.32. The van der Waals surface area contributed by atoms with Gasteiger partial charge in [-0.3, -0.25) is 4.68 Å². The third-order valence-corrected chi connectivity index (χ3v) is 4.95. The van der Waals surface area contributed by atoms with E-state index in [2.05, 4.69) is 26.2 Å². The average Bonchev–Trinajstić information content (AvgIpc) is 3.20. The SMILES string of the molecule is Cc1cnc(N2CC[C@H](OCC3CC3)[C@H]2Cc2cnn(C)c2)nc1. The maximum Gasteiger partial charge on any atom is 0.225 e. The topological polar surface area (TPSA) is 56.1 Å². The summed E-state index contributed by atoms with van der Waals surface area (Å²) in [6.07, 6.45) is 12.7. The smallest absolute Gasteiger partial charge is 0.225 e. The lowest BCUT2D eigenvalue weighted by molar-refractivity contribution is 0.0406. The summed E-state index contributed by atoms with van der Waals surface area (Å²) in [5.74, 6) is 1.60. The molecule has 4 rings (SSSR count). The van der Waals surface area contributed by atoms with Crippen LogP contribution in [0.2, 0.25) is 0 Å². The lowest BCUT2D eigenvalue weighted by Crippen LogP contribution is -2.39. The normalized spacial score (nSPS) is 23.8. The van der Waals surface area contributed by atoms with Crippen molar-refractivity contribution in [2.75, 3.05) is 18.1 Å². The second kappa shape index (κ2) is 6.51. The van der Waals surface area contributed by atoms with Gasteiger partial charge in [-0.25, -0.2) is 9.97 Å². The number of anilines is 1. The van der Waals surface area contributed by atoms with Gasteiger partial charge < -0.3 is 9.64 Å². The summed E-state index contributed by atoms with van der Waals surface area (Å²) in [5, 5.41) is 4.30. The van der Waals surface area contributed by atoms with Crippen molar-refractivity contribution in [3.05, 3.63) is 35.9 Å². The summed E-state index contributed by atoms with van der Waals surface area (Å²) in [7, 11) is 1.96. The Bertz CT molecular complexity index is 679. The van der Waals surface area contributed by atoms with Crippen molar-refractivity contribution in [1.82, 2.24) is 19.7 Å². The van der Waals surface area contributed by atoms with E-state index in [9.17, 15) is 0 Å². The fourth-order valence-electron chi connectivity index (χ4n) is 3.41. The molecule has 128 valence electrons. The third-order valence-electron chi connectivity index (χ3n) is 4.95. The molecule has 0 radical (unpaired) electrons. The van der Waals surface area contributed by atoms with Crippen LogP contribution in [-0.2, 0) is 18.2 Å². The van der Waals surface area contributed by atoms with Crippen LogP contribution in [0.15, 0.2) is 24.8 Å². The highest BCUT2D eigenvalue weighted by Gasteiger charge is 2.37. The van der Waals surface area contributed by atoms with Crippen molar-refractivity contribution in [2.45, 2.75) is 44.8 Å². The van der Waals surface area contributed by atoms with Gasteiger partial charge in [-0.1, -0.05) is 0 Å². The van der Waals surface area contributed by atoms with Gasteiger partial charge in [-0.2, -0.15) is 5.10 Å². The summed E-state index contributed by atoms with van der Waals surface area (Å²) in [4.78, 5) is 11.4. The molecule has 1 saturated heterocycles. The fourth-order valence-corrected chi connectivity index (χ4v) is 3.41. The first-order chi connectivity index (χ1) is 11.7. The van der Waals surface area contributed by atoms with Crippen LogP contribution in [-0.4, -0.2) is 45.0 Å². The van der Waals surface area contributed by atoms with E-state index in [0.29, 0.717) is 0 Å². The first-order valence-corrected chi connectivity index (χ1v) is 8.83. The standard InChI is InChI=1S/C18H25N5O/c1-13-8-19-18(20-9-13)23-6-5-17(24-12-14-3-4-14)16(23)7-15-10-21-22(2)11-15/h8-11,14,16-17H,3-7,12H2,1-2H3/t16-,17+/m1/s1. The van der Waals surface area contributed by atoms with Crippen LogP contribution in [0.1, 0.15) is 30.4 Å². The molecular weight excluding hydrogens is 302 g/mol. The van der Waals surface area contributed by atoms with E-state index < -0.39 is 0 Å². The van der Waals surface area contributed by atoms with Gasteiger partial charge in [0.15, 0.2) is 0 Å². The number of rotatable bonds is 6. The van der Waals surface area contributed by atoms with Gasteiger partial charge in [0.2, 0.25) is 5.95 Å². The Kier molecular flexibility index (Phi) is 4.22. The van der Waals surface area contributed by atoms with Crippen LogP contribution in [0, 0.1) is 12.8 Å². The first kappa shape index (κ1) is 15.6. The molecule has 0 spiro atoms. The molecule has 0 aromatic carbocycles. The Labute approximate surface area is 142 Å². The fraction of sp³-hybridized carbons (Fsp3) is 0.611. The van der Waals surface area contributed by atoms with Gasteiger partial charge in [0.05, 0.1) is 18.3 Å². The van der Waals surface area contributed by atoms with Crippen LogP contribution in [0.4, 0.5) is 5.95 Å². The van der Waals surface area contributed by atoms with Crippen molar-refractivity contribution in [1.29, 1.82) is 0 Å². The first-order valence-electron chi connectivity index (χ1n) is 8.83. The van der Waals surface area contributed by atoms with Crippen LogP contribution in [0.5, 0.6) is 0 Å². The van der Waals surface area contributed by atoms with Gasteiger partial charge in [0, 0.05) is 38.8 Å². The molecule has 6 nitrogen and oxygen atoms in total. The molecule has 2 atom stereocenters. The maximum atomic E-state index is 6.27. The lowest BCUT2D eigenvalue weighted by atomic mass is 10.0. The summed E-state index contributed by atoms with van der Waals surface area (Å²) in [6.45, 7) is 3.86. The number of aryl methyl sites for hydroxylation is 2. The van der Waals surface area contributed by atoms with E-state index >= 15 is 0 Å². The molecule has 3 heterocycles.